The Morgan fingerprint density at radius 3 is 3.00 bits per heavy atom. The molecule has 4 rings (SSSR count). The first-order valence-corrected chi connectivity index (χ1v) is 8.05. The molecule has 1 aromatic carbocycles. The summed E-state index contributed by atoms with van der Waals surface area (Å²) in [4.78, 5) is 2.72. The number of anilines is 2. The van der Waals surface area contributed by atoms with E-state index in [1.807, 2.05) is 0 Å². The summed E-state index contributed by atoms with van der Waals surface area (Å²) in [5.74, 6) is 0.975. The summed E-state index contributed by atoms with van der Waals surface area (Å²) >= 11 is 0. The average molecular weight is 256 g/mol. The lowest BCUT2D eigenvalue weighted by Crippen LogP contribution is -2.42. The van der Waals surface area contributed by atoms with Crippen molar-refractivity contribution in [2.75, 3.05) is 23.3 Å². The first kappa shape index (κ1) is 11.6. The van der Waals surface area contributed by atoms with E-state index in [0.29, 0.717) is 0 Å². The number of nitrogens with one attached hydrogen (secondary N) is 1. The normalized spacial score (nSPS) is 29.6. The maximum Gasteiger partial charge on any atom is 0.0374 e. The van der Waals surface area contributed by atoms with Crippen LogP contribution in [0.2, 0.25) is 0 Å². The molecule has 102 valence electrons. The van der Waals surface area contributed by atoms with Gasteiger partial charge >= 0.3 is 0 Å². The van der Waals surface area contributed by atoms with Crippen molar-refractivity contribution in [3.05, 3.63) is 23.8 Å². The highest BCUT2D eigenvalue weighted by molar-refractivity contribution is 5.62. The molecular formula is C17H24N2. The molecule has 19 heavy (non-hydrogen) atoms. The summed E-state index contributed by atoms with van der Waals surface area (Å²) in [5, 5.41) is 3.52. The van der Waals surface area contributed by atoms with E-state index in [-0.39, 0.29) is 0 Å². The summed E-state index contributed by atoms with van der Waals surface area (Å²) in [6.45, 7) is 2.41. The van der Waals surface area contributed by atoms with Crippen LogP contribution < -0.4 is 10.2 Å². The molecule has 0 aromatic heterocycles. The second-order valence-corrected chi connectivity index (χ2v) is 6.47. The van der Waals surface area contributed by atoms with Crippen molar-refractivity contribution in [3.63, 3.8) is 0 Å². The molecule has 1 saturated carbocycles. The third kappa shape index (κ3) is 2.01. The van der Waals surface area contributed by atoms with E-state index in [4.69, 9.17) is 0 Å². The van der Waals surface area contributed by atoms with E-state index in [9.17, 15) is 0 Å². The fourth-order valence-electron chi connectivity index (χ4n) is 4.41. The zero-order valence-corrected chi connectivity index (χ0v) is 11.7. The smallest absolute Gasteiger partial charge is 0.0374 e. The second kappa shape index (κ2) is 4.73. The Morgan fingerprint density at radius 1 is 1.05 bits per heavy atom. The molecule has 2 heteroatoms. The first-order valence-electron chi connectivity index (χ1n) is 8.05. The van der Waals surface area contributed by atoms with Gasteiger partial charge in [0.1, 0.15) is 0 Å². The predicted molar refractivity (Wildman–Crippen MR) is 81.0 cm³/mol. The SMILES string of the molecule is c1cc2c(cc1N1CCCC3CCCC31)CCCN2. The highest BCUT2D eigenvalue weighted by atomic mass is 15.2. The highest BCUT2D eigenvalue weighted by Crippen LogP contribution is 2.40. The van der Waals surface area contributed by atoms with Gasteiger partial charge < -0.3 is 10.2 Å². The zero-order chi connectivity index (χ0) is 12.7. The van der Waals surface area contributed by atoms with E-state index in [0.717, 1.165) is 18.5 Å². The van der Waals surface area contributed by atoms with Crippen molar-refractivity contribution in [1.29, 1.82) is 0 Å². The number of hydrogen-bond donors (Lipinski definition) is 1. The molecule has 0 bridgehead atoms. The predicted octanol–water partition coefficient (Wildman–Crippen LogP) is 3.81. The number of nitrogens with zero attached hydrogens (tertiary/aromatic N) is 1. The summed E-state index contributed by atoms with van der Waals surface area (Å²) in [5.41, 5.74) is 4.39. The summed E-state index contributed by atoms with van der Waals surface area (Å²) in [6.07, 6.45) is 9.71. The van der Waals surface area contributed by atoms with Crippen molar-refractivity contribution in [2.24, 2.45) is 5.92 Å². The summed E-state index contributed by atoms with van der Waals surface area (Å²) in [6, 6.07) is 7.95. The van der Waals surface area contributed by atoms with Gasteiger partial charge in [-0.2, -0.15) is 0 Å². The third-order valence-electron chi connectivity index (χ3n) is 5.35. The Bertz CT molecular complexity index is 468. The number of hydrogen-bond acceptors (Lipinski definition) is 2. The number of piperidine rings is 1. The van der Waals surface area contributed by atoms with Crippen LogP contribution in [0.1, 0.15) is 44.1 Å². The van der Waals surface area contributed by atoms with Gasteiger partial charge in [-0.05, 0) is 68.2 Å². The molecule has 1 aromatic rings. The molecule has 2 nitrogen and oxygen atoms in total. The van der Waals surface area contributed by atoms with Gasteiger partial charge in [-0.1, -0.05) is 6.42 Å². The van der Waals surface area contributed by atoms with Gasteiger partial charge in [-0.3, -0.25) is 0 Å². The molecule has 0 radical (unpaired) electrons. The van der Waals surface area contributed by atoms with Crippen molar-refractivity contribution >= 4 is 11.4 Å². The minimum Gasteiger partial charge on any atom is -0.385 e. The maximum absolute atomic E-state index is 3.52. The monoisotopic (exact) mass is 256 g/mol. The Hall–Kier alpha value is -1.18. The van der Waals surface area contributed by atoms with Gasteiger partial charge in [0.05, 0.1) is 0 Å². The van der Waals surface area contributed by atoms with Gasteiger partial charge in [0.15, 0.2) is 0 Å². The van der Waals surface area contributed by atoms with Gasteiger partial charge in [0, 0.05) is 30.5 Å². The molecule has 2 atom stereocenters. The standard InChI is InChI=1S/C17H24N2/c1-4-13-6-3-11-19(17(13)7-1)15-8-9-16-14(12-15)5-2-10-18-16/h8-9,12-13,17-18H,1-7,10-11H2. The summed E-state index contributed by atoms with van der Waals surface area (Å²) < 4.78 is 0. The molecule has 0 spiro atoms. The Kier molecular flexibility index (Phi) is 2.90. The lowest BCUT2D eigenvalue weighted by molar-refractivity contribution is 0.362. The van der Waals surface area contributed by atoms with E-state index in [1.54, 1.807) is 0 Å². The lowest BCUT2D eigenvalue weighted by Gasteiger charge is -2.40. The van der Waals surface area contributed by atoms with E-state index in [2.05, 4.69) is 28.4 Å². The third-order valence-corrected chi connectivity index (χ3v) is 5.35. The first-order chi connectivity index (χ1) is 9.42. The fraction of sp³-hybridized carbons (Fsp3) is 0.647. The number of aryl methyl sites for hydroxylation is 1. The maximum atomic E-state index is 3.52. The topological polar surface area (TPSA) is 15.3 Å². The molecule has 2 aliphatic heterocycles. The molecule has 2 unspecified atom stereocenters. The van der Waals surface area contributed by atoms with Crippen LogP contribution in [-0.4, -0.2) is 19.1 Å². The highest BCUT2D eigenvalue weighted by Gasteiger charge is 2.35. The van der Waals surface area contributed by atoms with Crippen LogP contribution in [0.3, 0.4) is 0 Å². The average Bonchev–Trinajstić information content (AvgIpc) is 2.95. The fourth-order valence-corrected chi connectivity index (χ4v) is 4.41. The van der Waals surface area contributed by atoms with Crippen molar-refractivity contribution < 1.29 is 0 Å². The van der Waals surface area contributed by atoms with Crippen LogP contribution in [0.15, 0.2) is 18.2 Å². The van der Waals surface area contributed by atoms with Crippen LogP contribution in [0.25, 0.3) is 0 Å². The number of benzene rings is 1. The van der Waals surface area contributed by atoms with Gasteiger partial charge in [-0.25, -0.2) is 0 Å². The van der Waals surface area contributed by atoms with E-state index in [1.165, 1.54) is 68.4 Å². The van der Waals surface area contributed by atoms with Crippen LogP contribution in [0.5, 0.6) is 0 Å². The van der Waals surface area contributed by atoms with Crippen molar-refractivity contribution in [3.8, 4) is 0 Å². The van der Waals surface area contributed by atoms with Gasteiger partial charge in [0.2, 0.25) is 0 Å². The Labute approximate surface area is 116 Å². The Balaban J connectivity index is 1.64. The zero-order valence-electron chi connectivity index (χ0n) is 11.7. The van der Waals surface area contributed by atoms with Crippen LogP contribution >= 0.6 is 0 Å². The van der Waals surface area contributed by atoms with Crippen molar-refractivity contribution in [1.82, 2.24) is 0 Å². The molecule has 0 amide bonds. The van der Waals surface area contributed by atoms with Crippen molar-refractivity contribution in [2.45, 2.75) is 51.0 Å². The molecule has 1 N–H and O–H groups in total. The van der Waals surface area contributed by atoms with Crippen LogP contribution in [0, 0.1) is 5.92 Å². The largest absolute Gasteiger partial charge is 0.385 e. The molecular weight excluding hydrogens is 232 g/mol. The molecule has 2 heterocycles. The number of rotatable bonds is 1. The van der Waals surface area contributed by atoms with E-state index >= 15 is 0 Å². The lowest BCUT2D eigenvalue weighted by atomic mass is 9.91. The van der Waals surface area contributed by atoms with E-state index < -0.39 is 0 Å². The Morgan fingerprint density at radius 2 is 2.00 bits per heavy atom. The molecule has 1 saturated heterocycles. The molecule has 3 aliphatic rings. The quantitative estimate of drug-likeness (QED) is 0.822. The van der Waals surface area contributed by atoms with Gasteiger partial charge in [-0.15, -0.1) is 0 Å². The minimum absolute atomic E-state index is 0.836. The molecule has 2 fully saturated rings. The second-order valence-electron chi connectivity index (χ2n) is 6.47. The minimum atomic E-state index is 0.836. The van der Waals surface area contributed by atoms with Crippen LogP contribution in [-0.2, 0) is 6.42 Å². The molecule has 1 aliphatic carbocycles. The number of fused-ring (bicyclic) bond motifs is 2. The van der Waals surface area contributed by atoms with Gasteiger partial charge in [0.25, 0.3) is 0 Å². The van der Waals surface area contributed by atoms with Crippen LogP contribution in [0.4, 0.5) is 11.4 Å². The summed E-state index contributed by atoms with van der Waals surface area (Å²) in [7, 11) is 0.